The van der Waals surface area contributed by atoms with Crippen LogP contribution in [0.1, 0.15) is 22.5 Å². The number of rotatable bonds is 9. The fraction of sp³-hybridized carbons (Fsp3) is 0.148. The molecule has 0 saturated carbocycles. The number of carboxylic acids is 1. The number of amides is 1. The van der Waals surface area contributed by atoms with E-state index in [1.165, 1.54) is 24.3 Å². The zero-order valence-electron chi connectivity index (χ0n) is 19.3. The molecule has 4 rings (SSSR count). The molecule has 2 atom stereocenters. The van der Waals surface area contributed by atoms with Crippen molar-refractivity contribution < 1.29 is 23.6 Å². The SMILES string of the molecule is NC(CC(Cc1ccc(-c2cc(Cl)ccc2F)cc1)NC(=O)c1cc(-c2ccccc2Cl)no1)C(=O)O. The minimum atomic E-state index is -1.20. The number of nitrogens with zero attached hydrogens (tertiary/aromatic N) is 1. The molecule has 1 heterocycles. The Labute approximate surface area is 222 Å². The number of aromatic nitrogens is 1. The average molecular weight is 542 g/mol. The van der Waals surface area contributed by atoms with E-state index in [4.69, 9.17) is 33.5 Å². The molecule has 0 fully saturated rings. The molecule has 0 bridgehead atoms. The summed E-state index contributed by atoms with van der Waals surface area (Å²) in [6, 6.07) is 17.9. The minimum absolute atomic E-state index is 0.0305. The van der Waals surface area contributed by atoms with E-state index in [0.29, 0.717) is 32.4 Å². The highest BCUT2D eigenvalue weighted by atomic mass is 35.5. The molecule has 190 valence electrons. The van der Waals surface area contributed by atoms with Gasteiger partial charge in [-0.25, -0.2) is 4.39 Å². The number of nitrogens with two attached hydrogens (primary N) is 1. The molecule has 0 spiro atoms. The van der Waals surface area contributed by atoms with E-state index in [2.05, 4.69) is 10.5 Å². The van der Waals surface area contributed by atoms with Crippen LogP contribution in [0, 0.1) is 5.82 Å². The zero-order valence-corrected chi connectivity index (χ0v) is 20.8. The van der Waals surface area contributed by atoms with Crippen LogP contribution >= 0.6 is 23.2 Å². The van der Waals surface area contributed by atoms with Gasteiger partial charge >= 0.3 is 5.97 Å². The van der Waals surface area contributed by atoms with Crippen molar-refractivity contribution in [1.29, 1.82) is 0 Å². The summed E-state index contributed by atoms with van der Waals surface area (Å²) in [7, 11) is 0. The van der Waals surface area contributed by atoms with Gasteiger partial charge in [0, 0.05) is 28.3 Å². The molecule has 0 radical (unpaired) electrons. The third kappa shape index (κ3) is 6.54. The molecular weight excluding hydrogens is 520 g/mol. The van der Waals surface area contributed by atoms with Crippen LogP contribution in [0.15, 0.2) is 77.3 Å². The second-order valence-electron chi connectivity index (χ2n) is 8.43. The average Bonchev–Trinajstić information content (AvgIpc) is 3.36. The van der Waals surface area contributed by atoms with E-state index >= 15 is 0 Å². The fourth-order valence-corrected chi connectivity index (χ4v) is 4.26. The highest BCUT2D eigenvalue weighted by molar-refractivity contribution is 6.33. The Morgan fingerprint density at radius 1 is 1.03 bits per heavy atom. The number of carbonyl (C=O) groups is 2. The number of hydrogen-bond donors (Lipinski definition) is 3. The highest BCUT2D eigenvalue weighted by Gasteiger charge is 2.24. The Hall–Kier alpha value is -3.72. The van der Waals surface area contributed by atoms with Gasteiger partial charge in [-0.2, -0.15) is 0 Å². The van der Waals surface area contributed by atoms with E-state index in [1.54, 1.807) is 48.5 Å². The molecule has 1 amide bonds. The van der Waals surface area contributed by atoms with E-state index in [1.807, 2.05) is 0 Å². The lowest BCUT2D eigenvalue weighted by atomic mass is 9.97. The van der Waals surface area contributed by atoms with Crippen LogP contribution in [0.25, 0.3) is 22.4 Å². The van der Waals surface area contributed by atoms with Crippen molar-refractivity contribution >= 4 is 35.1 Å². The Morgan fingerprint density at radius 2 is 1.76 bits per heavy atom. The van der Waals surface area contributed by atoms with Crippen LogP contribution in [0.3, 0.4) is 0 Å². The summed E-state index contributed by atoms with van der Waals surface area (Å²) in [4.78, 5) is 24.3. The zero-order chi connectivity index (χ0) is 26.5. The van der Waals surface area contributed by atoms with Crippen molar-refractivity contribution in [3.63, 3.8) is 0 Å². The minimum Gasteiger partial charge on any atom is -0.480 e. The van der Waals surface area contributed by atoms with Gasteiger partial charge in [-0.3, -0.25) is 9.59 Å². The summed E-state index contributed by atoms with van der Waals surface area (Å²) >= 11 is 12.2. The Bertz CT molecular complexity index is 1430. The van der Waals surface area contributed by atoms with Gasteiger partial charge in [0.05, 0.1) is 5.02 Å². The van der Waals surface area contributed by atoms with Crippen LogP contribution in [-0.4, -0.2) is 34.2 Å². The first-order valence-electron chi connectivity index (χ1n) is 11.3. The van der Waals surface area contributed by atoms with Crippen molar-refractivity contribution in [2.45, 2.75) is 24.9 Å². The molecule has 7 nitrogen and oxygen atoms in total. The van der Waals surface area contributed by atoms with Gasteiger partial charge in [-0.05, 0) is 48.2 Å². The smallest absolute Gasteiger partial charge is 0.320 e. The Balaban J connectivity index is 1.51. The predicted octanol–water partition coefficient (Wildman–Crippen LogP) is 5.60. The first kappa shape index (κ1) is 26.3. The number of hydrogen-bond acceptors (Lipinski definition) is 5. The van der Waals surface area contributed by atoms with Gasteiger partial charge < -0.3 is 20.7 Å². The van der Waals surface area contributed by atoms with Gasteiger partial charge in [0.1, 0.15) is 17.6 Å². The second-order valence-corrected chi connectivity index (χ2v) is 9.28. The molecule has 10 heteroatoms. The van der Waals surface area contributed by atoms with Crippen LogP contribution < -0.4 is 11.1 Å². The molecule has 0 aliphatic carbocycles. The summed E-state index contributed by atoms with van der Waals surface area (Å²) in [6.45, 7) is 0. The number of carbonyl (C=O) groups excluding carboxylic acids is 1. The lowest BCUT2D eigenvalue weighted by Gasteiger charge is -2.20. The number of benzene rings is 3. The summed E-state index contributed by atoms with van der Waals surface area (Å²) in [5, 5.41) is 16.9. The molecule has 2 unspecified atom stereocenters. The second kappa shape index (κ2) is 11.6. The highest BCUT2D eigenvalue weighted by Crippen LogP contribution is 2.28. The van der Waals surface area contributed by atoms with Crippen molar-refractivity contribution in [3.8, 4) is 22.4 Å². The van der Waals surface area contributed by atoms with Gasteiger partial charge in [-0.1, -0.05) is 70.8 Å². The monoisotopic (exact) mass is 541 g/mol. The van der Waals surface area contributed by atoms with E-state index < -0.39 is 29.8 Å². The lowest BCUT2D eigenvalue weighted by Crippen LogP contribution is -2.43. The quantitative estimate of drug-likeness (QED) is 0.254. The molecule has 0 saturated heterocycles. The van der Waals surface area contributed by atoms with E-state index in [0.717, 1.165) is 5.56 Å². The van der Waals surface area contributed by atoms with E-state index in [-0.39, 0.29) is 18.6 Å². The molecule has 3 aromatic carbocycles. The molecule has 4 N–H and O–H groups in total. The third-order valence-electron chi connectivity index (χ3n) is 5.75. The summed E-state index contributed by atoms with van der Waals surface area (Å²) in [5.41, 5.74) is 8.51. The molecule has 0 aliphatic rings. The summed E-state index contributed by atoms with van der Waals surface area (Å²) < 4.78 is 19.4. The molecule has 4 aromatic rings. The number of carboxylic acid groups (broad SMARTS) is 1. The van der Waals surface area contributed by atoms with Crippen molar-refractivity contribution in [2.24, 2.45) is 5.73 Å². The number of aliphatic carboxylic acids is 1. The maximum Gasteiger partial charge on any atom is 0.320 e. The normalized spacial score (nSPS) is 12.6. The van der Waals surface area contributed by atoms with Crippen LogP contribution in [-0.2, 0) is 11.2 Å². The van der Waals surface area contributed by atoms with Crippen LogP contribution in [0.4, 0.5) is 4.39 Å². The standard InChI is InChI=1S/C27H22Cl2FN3O4/c28-17-9-10-22(30)20(12-17)16-7-5-15(6-8-16)11-18(13-23(31)27(35)36)32-26(34)25-14-24(33-37-25)19-3-1-2-4-21(19)29/h1-10,12,14,18,23H,11,13,31H2,(H,32,34)(H,35,36). The molecule has 1 aromatic heterocycles. The summed E-state index contributed by atoms with van der Waals surface area (Å²) in [6.07, 6.45) is 0.244. The van der Waals surface area contributed by atoms with Crippen molar-refractivity contribution in [2.75, 3.05) is 0 Å². The molecule has 37 heavy (non-hydrogen) atoms. The van der Waals surface area contributed by atoms with Crippen LogP contribution in [0.5, 0.6) is 0 Å². The van der Waals surface area contributed by atoms with Gasteiger partial charge in [0.2, 0.25) is 5.76 Å². The maximum absolute atomic E-state index is 14.2. The van der Waals surface area contributed by atoms with Crippen molar-refractivity contribution in [1.82, 2.24) is 10.5 Å². The Kier molecular flexibility index (Phi) is 8.23. The predicted molar refractivity (Wildman–Crippen MR) is 139 cm³/mol. The molecule has 0 aliphatic heterocycles. The van der Waals surface area contributed by atoms with Gasteiger partial charge in [0.15, 0.2) is 0 Å². The Morgan fingerprint density at radius 3 is 2.46 bits per heavy atom. The summed E-state index contributed by atoms with van der Waals surface area (Å²) in [5.74, 6) is -2.23. The number of nitrogens with one attached hydrogen (secondary N) is 1. The first-order valence-corrected chi connectivity index (χ1v) is 12.0. The van der Waals surface area contributed by atoms with Gasteiger partial charge in [0.25, 0.3) is 5.91 Å². The van der Waals surface area contributed by atoms with Crippen molar-refractivity contribution in [3.05, 3.63) is 100.0 Å². The topological polar surface area (TPSA) is 118 Å². The molecular formula is C27H22Cl2FN3O4. The maximum atomic E-state index is 14.2. The number of halogens is 3. The largest absolute Gasteiger partial charge is 0.480 e. The third-order valence-corrected chi connectivity index (χ3v) is 6.31. The lowest BCUT2D eigenvalue weighted by molar-refractivity contribution is -0.138. The van der Waals surface area contributed by atoms with Crippen LogP contribution in [0.2, 0.25) is 10.0 Å². The van der Waals surface area contributed by atoms with Gasteiger partial charge in [-0.15, -0.1) is 0 Å². The fourth-order valence-electron chi connectivity index (χ4n) is 3.86. The first-order chi connectivity index (χ1) is 17.7. The van der Waals surface area contributed by atoms with E-state index in [9.17, 15) is 19.1 Å².